The highest BCUT2D eigenvalue weighted by Gasteiger charge is 2.53. The van der Waals surface area contributed by atoms with E-state index in [0.717, 1.165) is 22.2 Å². The maximum atomic E-state index is 7.18. The van der Waals surface area contributed by atoms with Gasteiger partial charge in [-0.3, -0.25) is 0 Å². The summed E-state index contributed by atoms with van der Waals surface area (Å²) >= 11 is 0. The zero-order valence-electron chi connectivity index (χ0n) is 31.1. The quantitative estimate of drug-likeness (QED) is 0.199. The van der Waals surface area contributed by atoms with Crippen molar-refractivity contribution in [2.45, 2.75) is 50.5 Å². The summed E-state index contributed by atoms with van der Waals surface area (Å²) in [5.74, 6) is 0.0514. The lowest BCUT2D eigenvalue weighted by molar-refractivity contribution is 0.590. The molecular weight excluding hydrogens is 655 g/mol. The van der Waals surface area contributed by atoms with E-state index in [0.29, 0.717) is 0 Å². The molecule has 1 N–H and O–H groups in total. The number of allylic oxidation sites excluding steroid dienone is 2. The number of benzene rings is 7. The molecule has 1 heterocycles. The minimum absolute atomic E-state index is 0.0350. The van der Waals surface area contributed by atoms with Crippen molar-refractivity contribution < 1.29 is 4.42 Å². The smallest absolute Gasteiger partial charge is 0.143 e. The SMILES string of the molecule is CC1=CC(c2cc3c(c4oc5ccccc5c24)-c2c(ccc4ccccc24)C32c3ccccc3-c3ccccc32)C(Nc2ccc(C(C)(C)C)cc2)C=C1. The van der Waals surface area contributed by atoms with Crippen LogP contribution in [0.3, 0.4) is 0 Å². The van der Waals surface area contributed by atoms with Crippen LogP contribution in [0.5, 0.6) is 0 Å². The van der Waals surface area contributed by atoms with Crippen LogP contribution >= 0.6 is 0 Å². The topological polar surface area (TPSA) is 25.2 Å². The van der Waals surface area contributed by atoms with Gasteiger partial charge in [0.15, 0.2) is 0 Å². The van der Waals surface area contributed by atoms with Crippen molar-refractivity contribution in [1.29, 1.82) is 0 Å². The summed E-state index contributed by atoms with van der Waals surface area (Å²) in [5, 5.41) is 8.85. The number of fused-ring (bicyclic) bond motifs is 16. The molecule has 11 rings (SSSR count). The highest BCUT2D eigenvalue weighted by molar-refractivity contribution is 6.18. The van der Waals surface area contributed by atoms with Crippen LogP contribution in [0.4, 0.5) is 5.69 Å². The Balaban J connectivity index is 1.24. The van der Waals surface area contributed by atoms with E-state index < -0.39 is 5.41 Å². The van der Waals surface area contributed by atoms with E-state index in [-0.39, 0.29) is 17.4 Å². The molecule has 2 nitrogen and oxygen atoms in total. The first-order valence-corrected chi connectivity index (χ1v) is 19.3. The van der Waals surface area contributed by atoms with Gasteiger partial charge in [-0.05, 0) is 91.4 Å². The van der Waals surface area contributed by atoms with Crippen LogP contribution in [-0.4, -0.2) is 6.04 Å². The number of hydrogen-bond acceptors (Lipinski definition) is 2. The Morgan fingerprint density at radius 3 is 2.04 bits per heavy atom. The number of furan rings is 1. The van der Waals surface area contributed by atoms with Gasteiger partial charge in [0.1, 0.15) is 11.2 Å². The van der Waals surface area contributed by atoms with Gasteiger partial charge in [-0.2, -0.15) is 0 Å². The molecule has 0 aliphatic heterocycles. The third-order valence-corrected chi connectivity index (χ3v) is 12.5. The second kappa shape index (κ2) is 11.2. The molecule has 2 unspecified atom stereocenters. The molecule has 0 fully saturated rings. The molecule has 0 bridgehead atoms. The van der Waals surface area contributed by atoms with E-state index in [1.54, 1.807) is 0 Å². The van der Waals surface area contributed by atoms with E-state index in [1.807, 2.05) is 0 Å². The third-order valence-electron chi connectivity index (χ3n) is 12.5. The van der Waals surface area contributed by atoms with Crippen molar-refractivity contribution in [2.75, 3.05) is 5.32 Å². The summed E-state index contributed by atoms with van der Waals surface area (Å²) < 4.78 is 7.18. The van der Waals surface area contributed by atoms with Gasteiger partial charge in [-0.15, -0.1) is 0 Å². The van der Waals surface area contributed by atoms with Crippen molar-refractivity contribution in [3.63, 3.8) is 0 Å². The molecule has 1 spiro atoms. The number of nitrogens with one attached hydrogen (secondary N) is 1. The van der Waals surface area contributed by atoms with Gasteiger partial charge in [0, 0.05) is 27.9 Å². The predicted octanol–water partition coefficient (Wildman–Crippen LogP) is 13.5. The second-order valence-electron chi connectivity index (χ2n) is 16.5. The number of rotatable bonds is 3. The van der Waals surface area contributed by atoms with E-state index in [4.69, 9.17) is 4.42 Å². The van der Waals surface area contributed by atoms with E-state index in [9.17, 15) is 0 Å². The van der Waals surface area contributed by atoms with Gasteiger partial charge in [0.25, 0.3) is 0 Å². The third kappa shape index (κ3) is 4.23. The van der Waals surface area contributed by atoms with E-state index in [2.05, 4.69) is 191 Å². The van der Waals surface area contributed by atoms with Crippen LogP contribution < -0.4 is 5.32 Å². The maximum absolute atomic E-state index is 7.18. The molecule has 2 heteroatoms. The fourth-order valence-corrected chi connectivity index (χ4v) is 10.0. The zero-order valence-corrected chi connectivity index (χ0v) is 31.1. The average Bonchev–Trinajstić information content (AvgIpc) is 3.83. The molecule has 8 aromatic rings. The van der Waals surface area contributed by atoms with Crippen molar-refractivity contribution in [2.24, 2.45) is 0 Å². The molecule has 7 aromatic carbocycles. The fraction of sp³-hybridized carbons (Fsp3) is 0.154. The van der Waals surface area contributed by atoms with Crippen molar-refractivity contribution in [3.8, 4) is 22.3 Å². The normalized spacial score (nSPS) is 17.8. The molecular formula is C52H41NO. The van der Waals surface area contributed by atoms with Gasteiger partial charge in [-0.25, -0.2) is 0 Å². The van der Waals surface area contributed by atoms with Crippen LogP contribution in [-0.2, 0) is 10.8 Å². The Kier molecular flexibility index (Phi) is 6.51. The zero-order chi connectivity index (χ0) is 36.3. The summed E-state index contributed by atoms with van der Waals surface area (Å²) in [6.07, 6.45) is 7.09. The minimum Gasteiger partial charge on any atom is -0.455 e. The molecule has 3 aliphatic carbocycles. The maximum Gasteiger partial charge on any atom is 0.143 e. The standard InChI is InChI=1S/C52H41NO/c1-31-21-28-45(53-34-25-23-33(24-26-34)51(2,3)4)39(29-31)40-30-44-49(50-47(40)38-17-9-12-20-46(38)54-50)48-35-14-6-5-13-32(35)22-27-43(48)52(44)41-18-10-7-15-36(41)37-16-8-11-19-42(37)52/h5-30,39,45,53H,1-4H3. The molecule has 260 valence electrons. The Morgan fingerprint density at radius 2 is 1.30 bits per heavy atom. The Labute approximate surface area is 316 Å². The summed E-state index contributed by atoms with van der Waals surface area (Å²) in [6.45, 7) is 9.04. The Hall–Kier alpha value is -6.12. The highest BCUT2D eigenvalue weighted by atomic mass is 16.3. The number of anilines is 1. The van der Waals surface area contributed by atoms with Gasteiger partial charge in [-0.1, -0.05) is 166 Å². The van der Waals surface area contributed by atoms with Gasteiger partial charge >= 0.3 is 0 Å². The van der Waals surface area contributed by atoms with Crippen LogP contribution in [0, 0.1) is 0 Å². The van der Waals surface area contributed by atoms with Crippen molar-refractivity contribution in [1.82, 2.24) is 0 Å². The first-order chi connectivity index (χ1) is 26.3. The molecule has 2 atom stereocenters. The Morgan fingerprint density at radius 1 is 0.630 bits per heavy atom. The summed E-state index contributed by atoms with van der Waals surface area (Å²) in [4.78, 5) is 0. The summed E-state index contributed by atoms with van der Waals surface area (Å²) in [5.41, 5.74) is 16.9. The van der Waals surface area contributed by atoms with Crippen molar-refractivity contribution in [3.05, 3.63) is 197 Å². The monoisotopic (exact) mass is 695 g/mol. The van der Waals surface area contributed by atoms with Crippen molar-refractivity contribution >= 4 is 38.4 Å². The van der Waals surface area contributed by atoms with Gasteiger partial charge < -0.3 is 9.73 Å². The molecule has 3 aliphatic rings. The van der Waals surface area contributed by atoms with Crippen LogP contribution in [0.1, 0.15) is 67.0 Å². The summed E-state index contributed by atoms with van der Waals surface area (Å²) in [7, 11) is 0. The Bertz CT molecular complexity index is 2870. The lowest BCUT2D eigenvalue weighted by Crippen LogP contribution is -2.28. The molecule has 0 saturated carbocycles. The lowest BCUT2D eigenvalue weighted by atomic mass is 9.69. The largest absolute Gasteiger partial charge is 0.455 e. The molecule has 1 aromatic heterocycles. The van der Waals surface area contributed by atoms with Crippen LogP contribution in [0.15, 0.2) is 168 Å². The van der Waals surface area contributed by atoms with E-state index >= 15 is 0 Å². The summed E-state index contributed by atoms with van der Waals surface area (Å²) in [6, 6.07) is 52.0. The molecule has 54 heavy (non-hydrogen) atoms. The van der Waals surface area contributed by atoms with Gasteiger partial charge in [0.2, 0.25) is 0 Å². The lowest BCUT2D eigenvalue weighted by Gasteiger charge is -2.33. The fourth-order valence-electron chi connectivity index (χ4n) is 10.0. The van der Waals surface area contributed by atoms with Gasteiger partial charge in [0.05, 0.1) is 11.5 Å². The van der Waals surface area contributed by atoms with E-state index in [1.165, 1.54) is 77.4 Å². The predicted molar refractivity (Wildman–Crippen MR) is 226 cm³/mol. The highest BCUT2D eigenvalue weighted by Crippen LogP contribution is 2.65. The van der Waals surface area contributed by atoms with Crippen LogP contribution in [0.2, 0.25) is 0 Å². The minimum atomic E-state index is -0.501. The molecule has 0 radical (unpaired) electrons. The molecule has 0 saturated heterocycles. The first-order valence-electron chi connectivity index (χ1n) is 19.3. The first kappa shape index (κ1) is 31.4. The molecule has 0 amide bonds. The second-order valence-corrected chi connectivity index (χ2v) is 16.5. The van der Waals surface area contributed by atoms with Crippen LogP contribution in [0.25, 0.3) is 55.0 Å². The number of hydrogen-bond donors (Lipinski definition) is 1. The number of para-hydroxylation sites is 1. The average molecular weight is 696 g/mol.